The van der Waals surface area contributed by atoms with E-state index in [4.69, 9.17) is 9.47 Å². The second-order valence-electron chi connectivity index (χ2n) is 6.12. The summed E-state index contributed by atoms with van der Waals surface area (Å²) in [6, 6.07) is 5.08. The normalized spacial score (nSPS) is 14.5. The van der Waals surface area contributed by atoms with Gasteiger partial charge in [-0.25, -0.2) is 8.42 Å². The van der Waals surface area contributed by atoms with E-state index in [1.165, 1.54) is 23.9 Å². The summed E-state index contributed by atoms with van der Waals surface area (Å²) in [4.78, 5) is 12.6. The fraction of sp³-hybridized carbons (Fsp3) is 0.412. The number of hydrogen-bond donors (Lipinski definition) is 2. The van der Waals surface area contributed by atoms with Crippen LogP contribution in [0, 0.1) is 0 Å². The number of sulfonamides is 1. The van der Waals surface area contributed by atoms with Gasteiger partial charge in [-0.3, -0.25) is 9.48 Å². The van der Waals surface area contributed by atoms with E-state index >= 15 is 0 Å². The summed E-state index contributed by atoms with van der Waals surface area (Å²) in [5.74, 6) is 1.38. The zero-order chi connectivity index (χ0) is 20.1. The summed E-state index contributed by atoms with van der Waals surface area (Å²) in [5, 5.41) is 6.73. The van der Waals surface area contributed by atoms with Gasteiger partial charge in [0.15, 0.2) is 17.3 Å². The largest absolute Gasteiger partial charge is 0.486 e. The highest BCUT2D eigenvalue weighted by molar-refractivity contribution is 7.98. The second-order valence-corrected chi connectivity index (χ2v) is 8.82. The fourth-order valence-corrected chi connectivity index (χ4v) is 4.34. The maximum Gasteiger partial charge on any atom is 0.243 e. The monoisotopic (exact) mass is 426 g/mol. The Morgan fingerprint density at radius 3 is 2.71 bits per heavy atom. The van der Waals surface area contributed by atoms with Crippen LogP contribution in [-0.2, 0) is 21.9 Å². The topological polar surface area (TPSA) is 112 Å². The Morgan fingerprint density at radius 2 is 2.04 bits per heavy atom. The van der Waals surface area contributed by atoms with E-state index < -0.39 is 22.0 Å². The molecule has 1 aliphatic heterocycles. The quantitative estimate of drug-likeness (QED) is 0.653. The predicted octanol–water partition coefficient (Wildman–Crippen LogP) is 1.23. The van der Waals surface area contributed by atoms with Gasteiger partial charge in [-0.05, 0) is 30.6 Å². The molecule has 3 rings (SSSR count). The third kappa shape index (κ3) is 4.97. The SMILES string of the molecule is CSCCC(NS(=O)(=O)c1ccc2c(c1)OCCO2)C(=O)Nc1ccn(C)n1. The first kappa shape index (κ1) is 20.5. The molecular formula is C17H22N4O5S2. The van der Waals surface area contributed by atoms with Gasteiger partial charge < -0.3 is 14.8 Å². The molecule has 2 heterocycles. The van der Waals surface area contributed by atoms with Crippen molar-refractivity contribution in [3.63, 3.8) is 0 Å². The molecule has 1 aromatic carbocycles. The number of carbonyl (C=O) groups is 1. The van der Waals surface area contributed by atoms with Crippen LogP contribution in [0.2, 0.25) is 0 Å². The van der Waals surface area contributed by atoms with E-state index in [1.807, 2.05) is 6.26 Å². The predicted molar refractivity (Wildman–Crippen MR) is 106 cm³/mol. The summed E-state index contributed by atoms with van der Waals surface area (Å²) < 4.78 is 40.6. The number of thioether (sulfide) groups is 1. The molecule has 152 valence electrons. The van der Waals surface area contributed by atoms with Crippen LogP contribution >= 0.6 is 11.8 Å². The Kier molecular flexibility index (Phi) is 6.47. The molecule has 1 aromatic heterocycles. The van der Waals surface area contributed by atoms with E-state index in [9.17, 15) is 13.2 Å². The molecule has 0 aliphatic carbocycles. The molecule has 9 nitrogen and oxygen atoms in total. The Morgan fingerprint density at radius 1 is 1.29 bits per heavy atom. The van der Waals surface area contributed by atoms with E-state index in [2.05, 4.69) is 15.1 Å². The minimum absolute atomic E-state index is 0.0107. The summed E-state index contributed by atoms with van der Waals surface area (Å²) in [7, 11) is -2.21. The number of hydrogen-bond acceptors (Lipinski definition) is 7. The van der Waals surface area contributed by atoms with Gasteiger partial charge in [0.1, 0.15) is 19.3 Å². The molecule has 2 aromatic rings. The van der Waals surface area contributed by atoms with Crippen molar-refractivity contribution in [1.82, 2.24) is 14.5 Å². The molecule has 2 N–H and O–H groups in total. The Balaban J connectivity index is 1.77. The number of nitrogens with one attached hydrogen (secondary N) is 2. The third-order valence-corrected chi connectivity index (χ3v) is 6.13. The van der Waals surface area contributed by atoms with E-state index in [-0.39, 0.29) is 4.90 Å². The lowest BCUT2D eigenvalue weighted by molar-refractivity contribution is -0.117. The first-order chi connectivity index (χ1) is 13.4. The van der Waals surface area contributed by atoms with Crippen LogP contribution in [-0.4, -0.2) is 55.4 Å². The summed E-state index contributed by atoms with van der Waals surface area (Å²) in [6.07, 6.45) is 3.92. The number of benzene rings is 1. The van der Waals surface area contributed by atoms with Gasteiger partial charge in [-0.15, -0.1) is 0 Å². The molecule has 1 atom stereocenters. The molecule has 0 fully saturated rings. The van der Waals surface area contributed by atoms with Gasteiger partial charge in [0.25, 0.3) is 0 Å². The van der Waals surface area contributed by atoms with Crippen LogP contribution in [0.25, 0.3) is 0 Å². The molecule has 28 heavy (non-hydrogen) atoms. The molecule has 0 saturated heterocycles. The van der Waals surface area contributed by atoms with E-state index in [1.54, 1.807) is 30.1 Å². The molecule has 0 saturated carbocycles. The first-order valence-electron chi connectivity index (χ1n) is 8.60. The summed E-state index contributed by atoms with van der Waals surface area (Å²) in [6.45, 7) is 0.772. The summed E-state index contributed by atoms with van der Waals surface area (Å²) in [5.41, 5.74) is 0. The van der Waals surface area contributed by atoms with Crippen molar-refractivity contribution in [2.24, 2.45) is 7.05 Å². The Hall–Kier alpha value is -2.24. The number of aromatic nitrogens is 2. The molecule has 0 bridgehead atoms. The highest BCUT2D eigenvalue weighted by atomic mass is 32.2. The standard InChI is InChI=1S/C17H22N4O5S2/c1-21-7-5-16(19-21)18-17(22)13(6-10-27-2)20-28(23,24)12-3-4-14-15(11-12)26-9-8-25-14/h3-5,7,11,13,20H,6,8-10H2,1-2H3,(H,18,19,22). The minimum Gasteiger partial charge on any atom is -0.486 e. The second kappa shape index (κ2) is 8.84. The zero-order valence-corrected chi connectivity index (χ0v) is 17.2. The zero-order valence-electron chi connectivity index (χ0n) is 15.5. The molecular weight excluding hydrogens is 404 g/mol. The smallest absolute Gasteiger partial charge is 0.243 e. The van der Waals surface area contributed by atoms with Crippen LogP contribution in [0.4, 0.5) is 5.82 Å². The van der Waals surface area contributed by atoms with Crippen molar-refractivity contribution in [3.8, 4) is 11.5 Å². The van der Waals surface area contributed by atoms with Crippen LogP contribution in [0.5, 0.6) is 11.5 Å². The lowest BCUT2D eigenvalue weighted by Crippen LogP contribution is -2.44. The van der Waals surface area contributed by atoms with Crippen molar-refractivity contribution in [2.75, 3.05) is 30.5 Å². The van der Waals surface area contributed by atoms with Gasteiger partial charge in [-0.2, -0.15) is 21.6 Å². The fourth-order valence-electron chi connectivity index (χ4n) is 2.62. The average molecular weight is 427 g/mol. The molecule has 0 spiro atoms. The summed E-state index contributed by atoms with van der Waals surface area (Å²) >= 11 is 1.53. The molecule has 1 amide bonds. The first-order valence-corrected chi connectivity index (χ1v) is 11.5. The maximum atomic E-state index is 12.8. The molecule has 1 unspecified atom stereocenters. The Bertz CT molecular complexity index is 945. The highest BCUT2D eigenvalue weighted by Crippen LogP contribution is 2.32. The van der Waals surface area contributed by atoms with Gasteiger partial charge in [-0.1, -0.05) is 0 Å². The van der Waals surface area contributed by atoms with Gasteiger partial charge in [0, 0.05) is 25.4 Å². The molecule has 0 radical (unpaired) electrons. The number of amides is 1. The van der Waals surface area contributed by atoms with Crippen LogP contribution in [0.1, 0.15) is 6.42 Å². The van der Waals surface area contributed by atoms with Gasteiger partial charge in [0.2, 0.25) is 15.9 Å². The lowest BCUT2D eigenvalue weighted by Gasteiger charge is -2.20. The molecule has 1 aliphatic rings. The number of aryl methyl sites for hydroxylation is 1. The lowest BCUT2D eigenvalue weighted by atomic mass is 10.2. The number of anilines is 1. The van der Waals surface area contributed by atoms with Gasteiger partial charge >= 0.3 is 0 Å². The van der Waals surface area contributed by atoms with Crippen molar-refractivity contribution in [1.29, 1.82) is 0 Å². The average Bonchev–Trinajstić information content (AvgIpc) is 3.09. The van der Waals surface area contributed by atoms with Crippen molar-refractivity contribution in [3.05, 3.63) is 30.5 Å². The van der Waals surface area contributed by atoms with Crippen LogP contribution < -0.4 is 19.5 Å². The number of ether oxygens (including phenoxy) is 2. The Labute approximate surface area is 167 Å². The molecule has 11 heteroatoms. The number of fused-ring (bicyclic) bond motifs is 1. The van der Waals surface area contributed by atoms with Crippen molar-refractivity contribution >= 4 is 33.5 Å². The van der Waals surface area contributed by atoms with Crippen molar-refractivity contribution in [2.45, 2.75) is 17.4 Å². The number of rotatable bonds is 8. The van der Waals surface area contributed by atoms with Crippen molar-refractivity contribution < 1.29 is 22.7 Å². The maximum absolute atomic E-state index is 12.8. The highest BCUT2D eigenvalue weighted by Gasteiger charge is 2.27. The van der Waals surface area contributed by atoms with E-state index in [0.717, 1.165) is 0 Å². The number of carbonyl (C=O) groups excluding carboxylic acids is 1. The third-order valence-electron chi connectivity index (χ3n) is 4.01. The van der Waals surface area contributed by atoms with Crippen LogP contribution in [0.3, 0.4) is 0 Å². The number of nitrogens with zero attached hydrogens (tertiary/aromatic N) is 2. The van der Waals surface area contributed by atoms with E-state index in [0.29, 0.717) is 42.7 Å². The van der Waals surface area contributed by atoms with Gasteiger partial charge in [0.05, 0.1) is 4.90 Å². The minimum atomic E-state index is -3.94. The van der Waals surface area contributed by atoms with Crippen LogP contribution in [0.15, 0.2) is 35.4 Å².